The molecular weight excluding hydrogens is 194 g/mol. The third-order valence-electron chi connectivity index (χ3n) is 2.59. The number of amides is 2. The number of hydrogen-bond acceptors (Lipinski definition) is 3. The van der Waals surface area contributed by atoms with Crippen molar-refractivity contribution in [2.24, 2.45) is 0 Å². The number of hydrogen-bond donors (Lipinski definition) is 2. The SMILES string of the molecule is CCn1cncc1C1C(=N)NC(=O)N1C. The molecule has 1 aromatic heterocycles. The Kier molecular flexibility index (Phi) is 2.18. The second-order valence-corrected chi connectivity index (χ2v) is 3.46. The highest BCUT2D eigenvalue weighted by atomic mass is 16.2. The Balaban J connectivity index is 2.38. The Hall–Kier alpha value is -1.85. The molecule has 80 valence electrons. The van der Waals surface area contributed by atoms with E-state index in [0.29, 0.717) is 0 Å². The zero-order chi connectivity index (χ0) is 11.0. The predicted molar refractivity (Wildman–Crippen MR) is 54.7 cm³/mol. The minimum Gasteiger partial charge on any atom is -0.333 e. The van der Waals surface area contributed by atoms with Crippen molar-refractivity contribution in [3.05, 3.63) is 18.2 Å². The van der Waals surface area contributed by atoms with Gasteiger partial charge in [0.2, 0.25) is 0 Å². The summed E-state index contributed by atoms with van der Waals surface area (Å²) in [5.74, 6) is 0.206. The van der Waals surface area contributed by atoms with Crippen LogP contribution in [0.2, 0.25) is 0 Å². The van der Waals surface area contributed by atoms with Gasteiger partial charge in [-0.25, -0.2) is 9.78 Å². The molecule has 1 atom stereocenters. The van der Waals surface area contributed by atoms with Crippen LogP contribution in [0.5, 0.6) is 0 Å². The van der Waals surface area contributed by atoms with Crippen LogP contribution in [-0.4, -0.2) is 33.4 Å². The van der Waals surface area contributed by atoms with E-state index in [2.05, 4.69) is 10.3 Å². The molecule has 2 N–H and O–H groups in total. The van der Waals surface area contributed by atoms with Crippen molar-refractivity contribution < 1.29 is 4.79 Å². The van der Waals surface area contributed by atoms with Gasteiger partial charge in [-0.2, -0.15) is 0 Å². The summed E-state index contributed by atoms with van der Waals surface area (Å²) < 4.78 is 1.93. The number of nitrogens with one attached hydrogen (secondary N) is 2. The van der Waals surface area contributed by atoms with Crippen molar-refractivity contribution in [2.45, 2.75) is 19.5 Å². The van der Waals surface area contributed by atoms with Crippen LogP contribution in [0, 0.1) is 5.41 Å². The summed E-state index contributed by atoms with van der Waals surface area (Å²) in [6.07, 6.45) is 3.40. The molecule has 0 aromatic carbocycles. The number of nitrogens with zero attached hydrogens (tertiary/aromatic N) is 3. The molecule has 1 aliphatic rings. The maximum absolute atomic E-state index is 11.3. The molecule has 1 fully saturated rings. The number of urea groups is 1. The number of imidazole rings is 1. The Morgan fingerprint density at radius 2 is 2.40 bits per heavy atom. The summed E-state index contributed by atoms with van der Waals surface area (Å²) >= 11 is 0. The number of aromatic nitrogens is 2. The van der Waals surface area contributed by atoms with Gasteiger partial charge in [-0.05, 0) is 6.92 Å². The summed E-state index contributed by atoms with van der Waals surface area (Å²) in [5, 5.41) is 10.2. The van der Waals surface area contributed by atoms with Crippen LogP contribution in [0.15, 0.2) is 12.5 Å². The van der Waals surface area contributed by atoms with E-state index in [1.165, 1.54) is 4.90 Å². The van der Waals surface area contributed by atoms with Crippen LogP contribution in [0.4, 0.5) is 4.79 Å². The minimum absolute atomic E-state index is 0.206. The standard InChI is InChI=1S/C9H13N5O/c1-3-14-5-11-4-6(14)7-8(10)12-9(15)13(7)2/h4-5,7H,3H2,1-2H3,(H2,10,12,15). The molecular formula is C9H13N5O. The minimum atomic E-state index is -0.333. The number of carbonyl (C=O) groups is 1. The normalized spacial score (nSPS) is 20.9. The third kappa shape index (κ3) is 1.38. The summed E-state index contributed by atoms with van der Waals surface area (Å²) in [6, 6.07) is -0.575. The fraction of sp³-hybridized carbons (Fsp3) is 0.444. The van der Waals surface area contributed by atoms with E-state index >= 15 is 0 Å². The number of carbonyl (C=O) groups excluding carboxylic acids is 1. The number of amidine groups is 1. The maximum atomic E-state index is 11.3. The first-order valence-electron chi connectivity index (χ1n) is 4.77. The molecule has 2 rings (SSSR count). The third-order valence-corrected chi connectivity index (χ3v) is 2.59. The highest BCUT2D eigenvalue weighted by molar-refractivity contribution is 6.05. The molecule has 0 saturated carbocycles. The Labute approximate surface area is 87.4 Å². The van der Waals surface area contributed by atoms with Crippen LogP contribution in [-0.2, 0) is 6.54 Å². The lowest BCUT2D eigenvalue weighted by atomic mass is 10.2. The second kappa shape index (κ2) is 3.38. The van der Waals surface area contributed by atoms with E-state index < -0.39 is 0 Å². The van der Waals surface area contributed by atoms with Gasteiger partial charge < -0.3 is 9.47 Å². The van der Waals surface area contributed by atoms with Crippen molar-refractivity contribution in [1.29, 1.82) is 5.41 Å². The van der Waals surface area contributed by atoms with Gasteiger partial charge in [0.1, 0.15) is 11.9 Å². The Morgan fingerprint density at radius 3 is 2.93 bits per heavy atom. The average Bonchev–Trinajstić information content (AvgIpc) is 2.73. The van der Waals surface area contributed by atoms with Crippen LogP contribution in [0.1, 0.15) is 18.7 Å². The fourth-order valence-electron chi connectivity index (χ4n) is 1.75. The van der Waals surface area contributed by atoms with Gasteiger partial charge in [-0.15, -0.1) is 0 Å². The molecule has 0 aliphatic carbocycles. The van der Waals surface area contributed by atoms with E-state index in [-0.39, 0.29) is 17.9 Å². The Morgan fingerprint density at radius 1 is 1.67 bits per heavy atom. The molecule has 6 nitrogen and oxygen atoms in total. The van der Waals surface area contributed by atoms with Gasteiger partial charge in [-0.3, -0.25) is 10.7 Å². The van der Waals surface area contributed by atoms with E-state index in [0.717, 1.165) is 12.2 Å². The molecule has 2 amide bonds. The number of rotatable bonds is 2. The van der Waals surface area contributed by atoms with Gasteiger partial charge >= 0.3 is 6.03 Å². The number of likely N-dealkylation sites (N-methyl/N-ethyl adjacent to an activating group) is 1. The average molecular weight is 207 g/mol. The first-order valence-corrected chi connectivity index (χ1v) is 4.77. The van der Waals surface area contributed by atoms with Gasteiger partial charge in [0.25, 0.3) is 0 Å². The predicted octanol–water partition coefficient (Wildman–Crippen LogP) is 0.576. The molecule has 1 aromatic rings. The zero-order valence-electron chi connectivity index (χ0n) is 8.69. The van der Waals surface area contributed by atoms with Gasteiger partial charge in [-0.1, -0.05) is 0 Å². The van der Waals surface area contributed by atoms with Crippen LogP contribution in [0.3, 0.4) is 0 Å². The van der Waals surface area contributed by atoms with Gasteiger partial charge in [0.15, 0.2) is 0 Å². The highest BCUT2D eigenvalue weighted by Gasteiger charge is 2.35. The molecule has 1 aliphatic heterocycles. The van der Waals surface area contributed by atoms with Crippen molar-refractivity contribution in [1.82, 2.24) is 19.8 Å². The van der Waals surface area contributed by atoms with E-state index in [4.69, 9.17) is 5.41 Å². The lowest BCUT2D eigenvalue weighted by Crippen LogP contribution is -2.26. The van der Waals surface area contributed by atoms with E-state index in [1.54, 1.807) is 19.6 Å². The number of aryl methyl sites for hydroxylation is 1. The molecule has 2 heterocycles. The van der Waals surface area contributed by atoms with Crippen molar-refractivity contribution in [3.63, 3.8) is 0 Å². The zero-order valence-corrected chi connectivity index (χ0v) is 8.69. The van der Waals surface area contributed by atoms with Crippen molar-refractivity contribution in [2.75, 3.05) is 7.05 Å². The molecule has 0 bridgehead atoms. The molecule has 1 unspecified atom stereocenters. The summed E-state index contributed by atoms with van der Waals surface area (Å²) in [4.78, 5) is 16.9. The largest absolute Gasteiger partial charge is 0.333 e. The van der Waals surface area contributed by atoms with E-state index in [1.807, 2.05) is 11.5 Å². The van der Waals surface area contributed by atoms with Crippen molar-refractivity contribution in [3.8, 4) is 0 Å². The highest BCUT2D eigenvalue weighted by Crippen LogP contribution is 2.23. The lowest BCUT2D eigenvalue weighted by molar-refractivity contribution is 0.216. The first kappa shape index (κ1) is 9.70. The summed E-state index contributed by atoms with van der Waals surface area (Å²) in [5.41, 5.74) is 0.864. The molecule has 15 heavy (non-hydrogen) atoms. The molecule has 6 heteroatoms. The Bertz CT molecular complexity index is 410. The topological polar surface area (TPSA) is 74.0 Å². The second-order valence-electron chi connectivity index (χ2n) is 3.46. The van der Waals surface area contributed by atoms with Gasteiger partial charge in [0.05, 0.1) is 18.2 Å². The van der Waals surface area contributed by atoms with Crippen LogP contribution in [0.25, 0.3) is 0 Å². The van der Waals surface area contributed by atoms with Crippen LogP contribution < -0.4 is 5.32 Å². The summed E-state index contributed by atoms with van der Waals surface area (Å²) in [6.45, 7) is 2.78. The maximum Gasteiger partial charge on any atom is 0.323 e. The van der Waals surface area contributed by atoms with Crippen molar-refractivity contribution >= 4 is 11.9 Å². The van der Waals surface area contributed by atoms with Crippen LogP contribution >= 0.6 is 0 Å². The lowest BCUT2D eigenvalue weighted by Gasteiger charge is -2.18. The quantitative estimate of drug-likeness (QED) is 0.744. The first-order chi connectivity index (χ1) is 7.15. The monoisotopic (exact) mass is 207 g/mol. The summed E-state index contributed by atoms with van der Waals surface area (Å²) in [7, 11) is 1.68. The molecule has 1 saturated heterocycles. The smallest absolute Gasteiger partial charge is 0.323 e. The van der Waals surface area contributed by atoms with Gasteiger partial charge in [0, 0.05) is 13.6 Å². The fourth-order valence-corrected chi connectivity index (χ4v) is 1.75. The molecule has 0 spiro atoms. The van der Waals surface area contributed by atoms with E-state index in [9.17, 15) is 4.79 Å². The molecule has 0 radical (unpaired) electrons.